The first-order valence-corrected chi connectivity index (χ1v) is 5.59. The van der Waals surface area contributed by atoms with Crippen LogP contribution < -0.4 is 0 Å². The normalized spacial score (nSPS) is 23.2. The smallest absolute Gasteiger partial charge is 0.306 e. The lowest BCUT2D eigenvalue weighted by atomic mass is 9.78. The number of aryl methyl sites for hydroxylation is 1. The summed E-state index contributed by atoms with van der Waals surface area (Å²) in [7, 11) is 1.54. The second kappa shape index (κ2) is 4.45. The van der Waals surface area contributed by atoms with E-state index in [9.17, 15) is 9.18 Å². The minimum absolute atomic E-state index is 0.0136. The van der Waals surface area contributed by atoms with E-state index in [1.54, 1.807) is 6.07 Å². The van der Waals surface area contributed by atoms with Crippen LogP contribution in [0.4, 0.5) is 4.39 Å². The highest BCUT2D eigenvalue weighted by atomic mass is 19.1. The summed E-state index contributed by atoms with van der Waals surface area (Å²) in [6, 6.07) is 4.65. The van der Waals surface area contributed by atoms with Crippen LogP contribution in [0.15, 0.2) is 18.2 Å². The van der Waals surface area contributed by atoms with Crippen molar-refractivity contribution in [2.45, 2.75) is 31.3 Å². The van der Waals surface area contributed by atoms with Crippen molar-refractivity contribution < 1.29 is 19.0 Å². The molecule has 1 aromatic rings. The molecule has 0 bridgehead atoms. The summed E-state index contributed by atoms with van der Waals surface area (Å²) in [5.74, 6) is -1.11. The third kappa shape index (κ3) is 2.47. The number of ether oxygens (including phenoxy) is 1. The van der Waals surface area contributed by atoms with Crippen LogP contribution >= 0.6 is 0 Å². The van der Waals surface area contributed by atoms with Gasteiger partial charge in [0.2, 0.25) is 0 Å². The average molecular weight is 238 g/mol. The van der Waals surface area contributed by atoms with Crippen LogP contribution in [0.5, 0.6) is 0 Å². The Bertz CT molecular complexity index is 444. The summed E-state index contributed by atoms with van der Waals surface area (Å²) >= 11 is 0. The van der Waals surface area contributed by atoms with Crippen LogP contribution in [-0.2, 0) is 22.4 Å². The number of carboxylic acid groups (broad SMARTS) is 1. The van der Waals surface area contributed by atoms with Gasteiger partial charge in [-0.25, -0.2) is 4.39 Å². The number of benzene rings is 1. The number of halogens is 1. The molecule has 4 heteroatoms. The molecule has 1 aromatic carbocycles. The Labute approximate surface area is 99.2 Å². The fraction of sp³-hybridized carbons (Fsp3) is 0.462. The van der Waals surface area contributed by atoms with Crippen LogP contribution in [0.25, 0.3) is 0 Å². The van der Waals surface area contributed by atoms with E-state index >= 15 is 0 Å². The molecule has 0 saturated heterocycles. The maximum atomic E-state index is 13.1. The summed E-state index contributed by atoms with van der Waals surface area (Å²) in [6.07, 6.45) is 1.80. The molecule has 92 valence electrons. The highest BCUT2D eigenvalue weighted by Gasteiger charge is 2.36. The van der Waals surface area contributed by atoms with Gasteiger partial charge in [0.25, 0.3) is 0 Å². The zero-order chi connectivity index (χ0) is 12.5. The molecule has 3 nitrogen and oxygen atoms in total. The number of methoxy groups -OCH3 is 1. The highest BCUT2D eigenvalue weighted by Crippen LogP contribution is 2.34. The number of hydrogen-bond donors (Lipinski definition) is 1. The number of carbonyl (C=O) groups is 1. The van der Waals surface area contributed by atoms with Gasteiger partial charge in [-0.15, -0.1) is 0 Å². The molecule has 0 aliphatic heterocycles. The monoisotopic (exact) mass is 238 g/mol. The van der Waals surface area contributed by atoms with Gasteiger partial charge in [-0.3, -0.25) is 4.79 Å². The van der Waals surface area contributed by atoms with Crippen molar-refractivity contribution >= 4 is 5.97 Å². The maximum absolute atomic E-state index is 13.1. The molecule has 2 rings (SSSR count). The maximum Gasteiger partial charge on any atom is 0.306 e. The first-order valence-electron chi connectivity index (χ1n) is 5.59. The lowest BCUT2D eigenvalue weighted by Gasteiger charge is -2.35. The Morgan fingerprint density at radius 1 is 1.53 bits per heavy atom. The molecule has 1 atom stereocenters. The lowest BCUT2D eigenvalue weighted by Crippen LogP contribution is -2.40. The predicted octanol–water partition coefficient (Wildman–Crippen LogP) is 2.17. The van der Waals surface area contributed by atoms with Crippen LogP contribution in [0, 0.1) is 5.82 Å². The molecule has 0 saturated carbocycles. The van der Waals surface area contributed by atoms with Crippen LogP contribution in [0.3, 0.4) is 0 Å². The van der Waals surface area contributed by atoms with Crippen molar-refractivity contribution in [3.8, 4) is 0 Å². The SMILES string of the molecule is COC1(CC(=O)O)CCc2cc(F)ccc2C1. The van der Waals surface area contributed by atoms with Crippen molar-refractivity contribution in [3.05, 3.63) is 35.1 Å². The summed E-state index contributed by atoms with van der Waals surface area (Å²) in [5, 5.41) is 8.91. The van der Waals surface area contributed by atoms with Gasteiger partial charge in [-0.05, 0) is 36.1 Å². The molecule has 0 radical (unpaired) electrons. The zero-order valence-corrected chi connectivity index (χ0v) is 9.70. The van der Waals surface area contributed by atoms with E-state index < -0.39 is 11.6 Å². The number of carboxylic acids is 1. The summed E-state index contributed by atoms with van der Waals surface area (Å²) < 4.78 is 18.5. The highest BCUT2D eigenvalue weighted by molar-refractivity contribution is 5.68. The molecule has 0 amide bonds. The largest absolute Gasteiger partial charge is 0.481 e. The number of rotatable bonds is 3. The fourth-order valence-electron chi connectivity index (χ4n) is 2.47. The van der Waals surface area contributed by atoms with Gasteiger partial charge >= 0.3 is 5.97 Å². The predicted molar refractivity (Wildman–Crippen MR) is 60.4 cm³/mol. The Morgan fingerprint density at radius 3 is 2.94 bits per heavy atom. The second-order valence-corrected chi connectivity index (χ2v) is 4.55. The van der Waals surface area contributed by atoms with Gasteiger partial charge in [-0.2, -0.15) is 0 Å². The molecular weight excluding hydrogens is 223 g/mol. The van der Waals surface area contributed by atoms with E-state index in [4.69, 9.17) is 9.84 Å². The fourth-order valence-corrected chi connectivity index (χ4v) is 2.47. The topological polar surface area (TPSA) is 46.5 Å². The molecule has 1 N–H and O–H groups in total. The van der Waals surface area contributed by atoms with Crippen molar-refractivity contribution in [2.24, 2.45) is 0 Å². The van der Waals surface area contributed by atoms with Gasteiger partial charge in [-0.1, -0.05) is 6.07 Å². The van der Waals surface area contributed by atoms with Crippen LogP contribution in [0.1, 0.15) is 24.0 Å². The molecular formula is C13H15FO3. The van der Waals surface area contributed by atoms with Gasteiger partial charge < -0.3 is 9.84 Å². The van der Waals surface area contributed by atoms with E-state index in [0.717, 1.165) is 11.1 Å². The Kier molecular flexibility index (Phi) is 3.15. The number of aliphatic carboxylic acids is 1. The van der Waals surface area contributed by atoms with Gasteiger partial charge in [0, 0.05) is 13.5 Å². The minimum Gasteiger partial charge on any atom is -0.481 e. The van der Waals surface area contributed by atoms with Gasteiger partial charge in [0.05, 0.1) is 12.0 Å². The lowest BCUT2D eigenvalue weighted by molar-refractivity contribution is -0.144. The van der Waals surface area contributed by atoms with E-state index in [-0.39, 0.29) is 12.2 Å². The Hall–Kier alpha value is -1.42. The third-order valence-corrected chi connectivity index (χ3v) is 3.44. The molecule has 1 aliphatic rings. The standard InChI is InChI=1S/C13H15FO3/c1-17-13(8-12(15)16)5-4-9-6-11(14)3-2-10(9)7-13/h2-3,6H,4-5,7-8H2,1H3,(H,15,16). The minimum atomic E-state index is -0.864. The van der Waals surface area contributed by atoms with Gasteiger partial charge in [0.1, 0.15) is 5.82 Å². The Balaban J connectivity index is 2.27. The van der Waals surface area contributed by atoms with E-state index in [2.05, 4.69) is 0 Å². The van der Waals surface area contributed by atoms with Crippen LogP contribution in [0.2, 0.25) is 0 Å². The zero-order valence-electron chi connectivity index (χ0n) is 9.70. The molecule has 0 heterocycles. The van der Waals surface area contributed by atoms with Crippen LogP contribution in [-0.4, -0.2) is 23.8 Å². The average Bonchev–Trinajstić information content (AvgIpc) is 2.29. The van der Waals surface area contributed by atoms with Crippen molar-refractivity contribution in [3.63, 3.8) is 0 Å². The molecule has 1 aliphatic carbocycles. The molecule has 1 unspecified atom stereocenters. The molecule has 0 spiro atoms. The quantitative estimate of drug-likeness (QED) is 0.877. The molecule has 0 aromatic heterocycles. The number of hydrogen-bond acceptors (Lipinski definition) is 2. The second-order valence-electron chi connectivity index (χ2n) is 4.55. The van der Waals surface area contributed by atoms with E-state index in [1.165, 1.54) is 19.2 Å². The van der Waals surface area contributed by atoms with E-state index in [1.807, 2.05) is 0 Å². The Morgan fingerprint density at radius 2 is 2.29 bits per heavy atom. The summed E-state index contributed by atoms with van der Waals surface area (Å²) in [5.41, 5.74) is 1.31. The first kappa shape index (κ1) is 12.0. The third-order valence-electron chi connectivity index (χ3n) is 3.44. The van der Waals surface area contributed by atoms with Crippen molar-refractivity contribution in [1.82, 2.24) is 0 Å². The number of fused-ring (bicyclic) bond motifs is 1. The van der Waals surface area contributed by atoms with Crippen molar-refractivity contribution in [2.75, 3.05) is 7.11 Å². The molecule has 0 fully saturated rings. The summed E-state index contributed by atoms with van der Waals surface area (Å²) in [6.45, 7) is 0. The first-order chi connectivity index (χ1) is 8.04. The molecule has 17 heavy (non-hydrogen) atoms. The van der Waals surface area contributed by atoms with Gasteiger partial charge in [0.15, 0.2) is 0 Å². The van der Waals surface area contributed by atoms with E-state index in [0.29, 0.717) is 19.3 Å². The van der Waals surface area contributed by atoms with Crippen molar-refractivity contribution in [1.29, 1.82) is 0 Å². The summed E-state index contributed by atoms with van der Waals surface area (Å²) in [4.78, 5) is 10.9.